The smallest absolute Gasteiger partial charge is 0.225 e. The van der Waals surface area contributed by atoms with Gasteiger partial charge in [-0.2, -0.15) is 0 Å². The number of nitrogens with two attached hydrogens (primary N) is 1. The summed E-state index contributed by atoms with van der Waals surface area (Å²) >= 11 is 0. The molecule has 3 fully saturated rings. The van der Waals surface area contributed by atoms with Crippen LogP contribution in [0.5, 0.6) is 0 Å². The average molecular weight is 292 g/mol. The molecule has 2 aliphatic carbocycles. The highest BCUT2D eigenvalue weighted by Crippen LogP contribution is 2.53. The number of hydrogen-bond donors (Lipinski definition) is 1. The van der Waals surface area contributed by atoms with Crippen LogP contribution in [-0.4, -0.2) is 29.9 Å². The fourth-order valence-corrected chi connectivity index (χ4v) is 5.60. The highest BCUT2D eigenvalue weighted by atomic mass is 16.2. The summed E-state index contributed by atoms with van der Waals surface area (Å²) in [5.74, 6) is 1.39. The predicted octanol–water partition coefficient (Wildman–Crippen LogP) is 3.18. The zero-order valence-corrected chi connectivity index (χ0v) is 14.0. The number of fused-ring (bicyclic) bond motifs is 2. The van der Waals surface area contributed by atoms with Gasteiger partial charge < -0.3 is 10.6 Å². The van der Waals surface area contributed by atoms with Crippen molar-refractivity contribution in [3.8, 4) is 0 Å². The first kappa shape index (κ1) is 15.3. The summed E-state index contributed by atoms with van der Waals surface area (Å²) in [5, 5.41) is 0. The molecule has 0 aromatic heterocycles. The van der Waals surface area contributed by atoms with Crippen molar-refractivity contribution in [1.29, 1.82) is 0 Å². The molecule has 21 heavy (non-hydrogen) atoms. The molecule has 2 saturated carbocycles. The van der Waals surface area contributed by atoms with E-state index in [9.17, 15) is 4.79 Å². The number of likely N-dealkylation sites (tertiary alicyclic amines) is 1. The lowest BCUT2D eigenvalue weighted by Crippen LogP contribution is -2.42. The van der Waals surface area contributed by atoms with Gasteiger partial charge in [0.2, 0.25) is 5.91 Å². The van der Waals surface area contributed by atoms with Crippen LogP contribution in [0, 0.1) is 22.7 Å². The highest BCUT2D eigenvalue weighted by molar-refractivity contribution is 5.79. The number of rotatable bonds is 2. The average Bonchev–Trinajstić information content (AvgIpc) is 2.67. The Labute approximate surface area is 129 Å². The molecule has 1 aliphatic heterocycles. The molecule has 0 spiro atoms. The maximum absolute atomic E-state index is 13.0. The number of hydrogen-bond acceptors (Lipinski definition) is 2. The van der Waals surface area contributed by atoms with Crippen molar-refractivity contribution in [2.75, 3.05) is 13.1 Å². The van der Waals surface area contributed by atoms with Crippen LogP contribution in [0.15, 0.2) is 0 Å². The molecule has 1 amide bonds. The number of carbonyl (C=O) groups excluding carboxylic acids is 1. The molecular weight excluding hydrogens is 260 g/mol. The van der Waals surface area contributed by atoms with Crippen molar-refractivity contribution in [2.24, 2.45) is 28.4 Å². The van der Waals surface area contributed by atoms with E-state index >= 15 is 0 Å². The van der Waals surface area contributed by atoms with E-state index in [0.717, 1.165) is 38.8 Å². The van der Waals surface area contributed by atoms with Gasteiger partial charge in [-0.05, 0) is 68.2 Å². The summed E-state index contributed by atoms with van der Waals surface area (Å²) < 4.78 is 0. The predicted molar refractivity (Wildman–Crippen MR) is 85.7 cm³/mol. The molecule has 3 nitrogen and oxygen atoms in total. The second-order valence-corrected chi connectivity index (χ2v) is 9.13. The molecule has 2 atom stereocenters. The van der Waals surface area contributed by atoms with E-state index < -0.39 is 0 Å². The maximum Gasteiger partial charge on any atom is 0.225 e. The Hall–Kier alpha value is -0.570. The Morgan fingerprint density at radius 1 is 1.14 bits per heavy atom. The van der Waals surface area contributed by atoms with Crippen molar-refractivity contribution >= 4 is 5.91 Å². The van der Waals surface area contributed by atoms with Gasteiger partial charge in [-0.25, -0.2) is 0 Å². The summed E-state index contributed by atoms with van der Waals surface area (Å²) in [7, 11) is 0. The van der Waals surface area contributed by atoms with Gasteiger partial charge in [-0.1, -0.05) is 20.8 Å². The van der Waals surface area contributed by atoms with Gasteiger partial charge in [-0.3, -0.25) is 4.79 Å². The molecule has 120 valence electrons. The maximum atomic E-state index is 13.0. The van der Waals surface area contributed by atoms with Gasteiger partial charge in [0.1, 0.15) is 0 Å². The molecule has 3 heteroatoms. The van der Waals surface area contributed by atoms with Crippen molar-refractivity contribution in [3.05, 3.63) is 0 Å². The Kier molecular flexibility index (Phi) is 3.84. The zero-order chi connectivity index (χ0) is 15.3. The third-order valence-corrected chi connectivity index (χ3v) is 6.23. The van der Waals surface area contributed by atoms with E-state index in [1.165, 1.54) is 19.3 Å². The van der Waals surface area contributed by atoms with Crippen LogP contribution in [0.1, 0.15) is 65.7 Å². The summed E-state index contributed by atoms with van der Waals surface area (Å²) in [4.78, 5) is 15.3. The van der Waals surface area contributed by atoms with E-state index in [0.29, 0.717) is 28.7 Å². The molecule has 0 aromatic carbocycles. The fraction of sp³-hybridized carbons (Fsp3) is 0.944. The second-order valence-electron chi connectivity index (χ2n) is 9.13. The normalized spacial score (nSPS) is 42.1. The van der Waals surface area contributed by atoms with Crippen LogP contribution >= 0.6 is 0 Å². The monoisotopic (exact) mass is 292 g/mol. The Balaban J connectivity index is 1.66. The van der Waals surface area contributed by atoms with Crippen molar-refractivity contribution < 1.29 is 4.79 Å². The van der Waals surface area contributed by atoms with Gasteiger partial charge in [0.05, 0.1) is 0 Å². The first-order valence-electron chi connectivity index (χ1n) is 8.82. The third kappa shape index (κ3) is 2.99. The van der Waals surface area contributed by atoms with Crippen molar-refractivity contribution in [3.63, 3.8) is 0 Å². The largest absolute Gasteiger partial charge is 0.339 e. The standard InChI is InChI=1S/C18H32N2O/c1-17(2)8-15-9-18(3,11-17)12-20(15)16(21)14-6-4-13(10-19)5-7-14/h13-15H,4-12,19H2,1-3H3. The summed E-state index contributed by atoms with van der Waals surface area (Å²) in [5.41, 5.74) is 6.52. The van der Waals surface area contributed by atoms with E-state index in [-0.39, 0.29) is 5.92 Å². The van der Waals surface area contributed by atoms with E-state index in [1.807, 2.05) is 0 Å². The number of nitrogens with zero attached hydrogens (tertiary/aromatic N) is 1. The zero-order valence-electron chi connectivity index (χ0n) is 14.0. The quantitative estimate of drug-likeness (QED) is 0.849. The molecule has 0 radical (unpaired) electrons. The van der Waals surface area contributed by atoms with Gasteiger partial charge in [0.25, 0.3) is 0 Å². The SMILES string of the molecule is CC1(C)CC2CC(C)(CN2C(=O)C2CCC(CN)CC2)C1. The fourth-order valence-electron chi connectivity index (χ4n) is 5.60. The summed E-state index contributed by atoms with van der Waals surface area (Å²) in [6.45, 7) is 8.92. The Morgan fingerprint density at radius 2 is 1.81 bits per heavy atom. The Morgan fingerprint density at radius 3 is 2.43 bits per heavy atom. The minimum atomic E-state index is 0.277. The first-order valence-corrected chi connectivity index (χ1v) is 8.82. The van der Waals surface area contributed by atoms with Crippen LogP contribution in [0.25, 0.3) is 0 Å². The molecule has 2 N–H and O–H groups in total. The molecule has 1 heterocycles. The lowest BCUT2D eigenvalue weighted by molar-refractivity contribution is -0.138. The van der Waals surface area contributed by atoms with Crippen molar-refractivity contribution in [1.82, 2.24) is 4.90 Å². The second kappa shape index (κ2) is 5.26. The van der Waals surface area contributed by atoms with Crippen LogP contribution in [0.4, 0.5) is 0 Å². The van der Waals surface area contributed by atoms with E-state index in [2.05, 4.69) is 25.7 Å². The topological polar surface area (TPSA) is 46.3 Å². The minimum Gasteiger partial charge on any atom is -0.339 e. The van der Waals surface area contributed by atoms with Gasteiger partial charge in [0.15, 0.2) is 0 Å². The van der Waals surface area contributed by atoms with Crippen LogP contribution in [-0.2, 0) is 4.79 Å². The van der Waals surface area contributed by atoms with Crippen LogP contribution < -0.4 is 5.73 Å². The summed E-state index contributed by atoms with van der Waals surface area (Å²) in [6, 6.07) is 0.499. The molecule has 2 unspecified atom stereocenters. The highest BCUT2D eigenvalue weighted by Gasteiger charge is 2.51. The molecule has 1 saturated heterocycles. The van der Waals surface area contributed by atoms with Crippen molar-refractivity contribution in [2.45, 2.75) is 71.8 Å². The molecule has 3 rings (SSSR count). The van der Waals surface area contributed by atoms with Gasteiger partial charge in [0, 0.05) is 18.5 Å². The summed E-state index contributed by atoms with van der Waals surface area (Å²) in [6.07, 6.45) is 8.09. The van der Waals surface area contributed by atoms with Crippen LogP contribution in [0.3, 0.4) is 0 Å². The minimum absolute atomic E-state index is 0.277. The third-order valence-electron chi connectivity index (χ3n) is 6.23. The lowest BCUT2D eigenvalue weighted by atomic mass is 9.65. The molecule has 2 bridgehead atoms. The van der Waals surface area contributed by atoms with E-state index in [4.69, 9.17) is 5.73 Å². The Bertz CT molecular complexity index is 411. The lowest BCUT2D eigenvalue weighted by Gasteiger charge is -2.39. The number of amides is 1. The molecule has 3 aliphatic rings. The van der Waals surface area contributed by atoms with E-state index in [1.54, 1.807) is 0 Å². The van der Waals surface area contributed by atoms with Crippen LogP contribution in [0.2, 0.25) is 0 Å². The number of carbonyl (C=O) groups is 1. The van der Waals surface area contributed by atoms with Gasteiger partial charge in [-0.15, -0.1) is 0 Å². The molecule has 0 aromatic rings. The van der Waals surface area contributed by atoms with Gasteiger partial charge >= 0.3 is 0 Å². The molecular formula is C18H32N2O. The first-order chi connectivity index (χ1) is 9.82.